The predicted octanol–water partition coefficient (Wildman–Crippen LogP) is 1.22. The molecule has 0 aromatic heterocycles. The Kier molecular flexibility index (Phi) is 4.10. The molecular weight excluding hydrogens is 192 g/mol. The number of amides is 1. The zero-order valence-electron chi connectivity index (χ0n) is 9.38. The fraction of sp³-hybridized carbons (Fsp3) is 0.818. The molecule has 1 atom stereocenters. The van der Waals surface area contributed by atoms with E-state index >= 15 is 0 Å². The number of hydrogen-bond donors (Lipinski definition) is 1. The van der Waals surface area contributed by atoms with Gasteiger partial charge in [-0.25, -0.2) is 0 Å². The highest BCUT2D eigenvalue weighted by atomic mass is 16.5. The number of ether oxygens (including phenoxy) is 1. The van der Waals surface area contributed by atoms with Crippen LogP contribution in [-0.4, -0.2) is 24.7 Å². The number of nitriles is 1. The molecule has 1 unspecified atom stereocenters. The van der Waals surface area contributed by atoms with Crippen molar-refractivity contribution >= 4 is 5.91 Å². The van der Waals surface area contributed by atoms with Crippen LogP contribution in [0.3, 0.4) is 0 Å². The number of nitrogens with one attached hydrogen (secondary N) is 1. The number of hydrogen-bond acceptors (Lipinski definition) is 3. The molecule has 84 valence electrons. The van der Waals surface area contributed by atoms with E-state index in [1.54, 1.807) is 0 Å². The summed E-state index contributed by atoms with van der Waals surface area (Å²) in [5, 5.41) is 11.9. The van der Waals surface area contributed by atoms with Gasteiger partial charge in [-0.15, -0.1) is 0 Å². The first-order valence-electron chi connectivity index (χ1n) is 5.48. The van der Waals surface area contributed by atoms with E-state index in [1.165, 1.54) is 0 Å². The van der Waals surface area contributed by atoms with Gasteiger partial charge in [0, 0.05) is 6.61 Å². The maximum absolute atomic E-state index is 11.8. The molecule has 1 aliphatic heterocycles. The van der Waals surface area contributed by atoms with E-state index in [1.807, 2.05) is 13.8 Å². The summed E-state index contributed by atoms with van der Waals surface area (Å²) in [4.78, 5) is 11.8. The number of carbonyl (C=O) groups excluding carboxylic acids is 1. The average Bonchev–Trinajstić information content (AvgIpc) is 2.79. The molecule has 0 radical (unpaired) electrons. The Hall–Kier alpha value is -1.08. The molecule has 1 rings (SSSR count). The Balaban J connectivity index is 2.58. The van der Waals surface area contributed by atoms with Crippen molar-refractivity contribution in [3.8, 4) is 6.07 Å². The summed E-state index contributed by atoms with van der Waals surface area (Å²) in [5.41, 5.74) is -0.695. The van der Waals surface area contributed by atoms with Crippen LogP contribution in [0.4, 0.5) is 0 Å². The van der Waals surface area contributed by atoms with E-state index in [4.69, 9.17) is 10.00 Å². The predicted molar refractivity (Wildman–Crippen MR) is 56.0 cm³/mol. The fourth-order valence-corrected chi connectivity index (χ4v) is 1.69. The second-order valence-electron chi connectivity index (χ2n) is 3.95. The highest BCUT2D eigenvalue weighted by Gasteiger charge is 2.32. The maximum Gasteiger partial charge on any atom is 0.226 e. The molecule has 1 heterocycles. The zero-order valence-corrected chi connectivity index (χ0v) is 9.38. The van der Waals surface area contributed by atoms with Crippen LogP contribution in [0, 0.1) is 17.2 Å². The molecule has 4 nitrogen and oxygen atoms in total. The van der Waals surface area contributed by atoms with Gasteiger partial charge in [-0.05, 0) is 19.3 Å². The number of rotatable bonds is 4. The van der Waals surface area contributed by atoms with Gasteiger partial charge in [-0.1, -0.05) is 13.8 Å². The van der Waals surface area contributed by atoms with Gasteiger partial charge in [-0.2, -0.15) is 5.26 Å². The van der Waals surface area contributed by atoms with Crippen molar-refractivity contribution < 1.29 is 9.53 Å². The van der Waals surface area contributed by atoms with Crippen molar-refractivity contribution in [2.24, 2.45) is 5.92 Å². The van der Waals surface area contributed by atoms with Crippen LogP contribution in [0.2, 0.25) is 0 Å². The van der Waals surface area contributed by atoms with E-state index in [2.05, 4.69) is 11.4 Å². The minimum absolute atomic E-state index is 0.0437. The van der Waals surface area contributed by atoms with Crippen LogP contribution < -0.4 is 5.32 Å². The first kappa shape index (κ1) is 12.0. The Morgan fingerprint density at radius 3 is 2.67 bits per heavy atom. The van der Waals surface area contributed by atoms with Crippen LogP contribution >= 0.6 is 0 Å². The number of carbonyl (C=O) groups is 1. The lowest BCUT2D eigenvalue weighted by Crippen LogP contribution is -2.48. The highest BCUT2D eigenvalue weighted by Crippen LogP contribution is 2.18. The van der Waals surface area contributed by atoms with E-state index < -0.39 is 5.54 Å². The normalized spacial score (nSPS) is 21.0. The second-order valence-corrected chi connectivity index (χ2v) is 3.95. The third-order valence-electron chi connectivity index (χ3n) is 3.08. The quantitative estimate of drug-likeness (QED) is 0.759. The molecule has 1 amide bonds. The lowest BCUT2D eigenvalue weighted by atomic mass is 9.93. The summed E-state index contributed by atoms with van der Waals surface area (Å²) in [7, 11) is 0. The van der Waals surface area contributed by atoms with Crippen LogP contribution in [0.1, 0.15) is 33.1 Å². The summed E-state index contributed by atoms with van der Waals surface area (Å²) in [6, 6.07) is 2.20. The molecule has 4 heteroatoms. The molecule has 0 bridgehead atoms. The van der Waals surface area contributed by atoms with Crippen molar-refractivity contribution in [3.63, 3.8) is 0 Å². The highest BCUT2D eigenvalue weighted by molar-refractivity contribution is 5.80. The van der Waals surface area contributed by atoms with Gasteiger partial charge in [0.05, 0.1) is 18.6 Å². The smallest absolute Gasteiger partial charge is 0.226 e. The monoisotopic (exact) mass is 210 g/mol. The molecule has 1 aliphatic rings. The van der Waals surface area contributed by atoms with Gasteiger partial charge in [0.15, 0.2) is 0 Å². The molecule has 15 heavy (non-hydrogen) atoms. The molecule has 0 aromatic rings. The first-order valence-corrected chi connectivity index (χ1v) is 5.48. The van der Waals surface area contributed by atoms with Crippen LogP contribution in [-0.2, 0) is 9.53 Å². The first-order chi connectivity index (χ1) is 7.17. The number of nitrogens with zero attached hydrogens (tertiary/aromatic N) is 1. The topological polar surface area (TPSA) is 62.1 Å². The summed E-state index contributed by atoms with van der Waals surface area (Å²) in [5.74, 6) is -0.117. The molecule has 0 spiro atoms. The molecule has 0 saturated carbocycles. The minimum atomic E-state index is -0.695. The van der Waals surface area contributed by atoms with Gasteiger partial charge >= 0.3 is 0 Å². The average molecular weight is 210 g/mol. The van der Waals surface area contributed by atoms with Gasteiger partial charge in [0.1, 0.15) is 5.54 Å². The van der Waals surface area contributed by atoms with Crippen molar-refractivity contribution in [2.75, 3.05) is 13.2 Å². The lowest BCUT2D eigenvalue weighted by molar-refractivity contribution is -0.126. The molecule has 1 fully saturated rings. The Labute approximate surface area is 90.6 Å². The molecule has 0 aromatic carbocycles. The Morgan fingerprint density at radius 1 is 1.60 bits per heavy atom. The van der Waals surface area contributed by atoms with Crippen molar-refractivity contribution in [3.05, 3.63) is 0 Å². The summed E-state index contributed by atoms with van der Waals surface area (Å²) in [6.07, 6.45) is 2.04. The molecule has 1 N–H and O–H groups in total. The maximum atomic E-state index is 11.8. The molecule has 1 saturated heterocycles. The van der Waals surface area contributed by atoms with Gasteiger partial charge in [-0.3, -0.25) is 4.79 Å². The summed E-state index contributed by atoms with van der Waals surface area (Å²) in [6.45, 7) is 4.97. The third-order valence-corrected chi connectivity index (χ3v) is 3.08. The minimum Gasteiger partial charge on any atom is -0.381 e. The van der Waals surface area contributed by atoms with Crippen molar-refractivity contribution in [1.82, 2.24) is 5.32 Å². The molecule has 0 aliphatic carbocycles. The van der Waals surface area contributed by atoms with Gasteiger partial charge in [0.2, 0.25) is 5.91 Å². The van der Waals surface area contributed by atoms with Crippen LogP contribution in [0.15, 0.2) is 0 Å². The molecular formula is C11H18N2O2. The van der Waals surface area contributed by atoms with E-state index in [-0.39, 0.29) is 11.8 Å². The third kappa shape index (κ3) is 2.69. The van der Waals surface area contributed by atoms with Gasteiger partial charge < -0.3 is 10.1 Å². The second kappa shape index (κ2) is 5.13. The van der Waals surface area contributed by atoms with Crippen LogP contribution in [0.5, 0.6) is 0 Å². The fourth-order valence-electron chi connectivity index (χ4n) is 1.69. The zero-order chi connectivity index (χ0) is 11.3. The van der Waals surface area contributed by atoms with Crippen LogP contribution in [0.25, 0.3) is 0 Å². The van der Waals surface area contributed by atoms with Gasteiger partial charge in [0.25, 0.3) is 0 Å². The van der Waals surface area contributed by atoms with E-state index in [9.17, 15) is 4.79 Å². The van der Waals surface area contributed by atoms with Crippen molar-refractivity contribution in [1.29, 1.82) is 5.26 Å². The van der Waals surface area contributed by atoms with E-state index in [0.29, 0.717) is 26.1 Å². The standard InChI is InChI=1S/C11H18N2O2/c1-3-11(4-2,8-12)13-10(14)9-5-6-15-7-9/h9H,3-7H2,1-2H3,(H,13,14). The summed E-state index contributed by atoms with van der Waals surface area (Å²) < 4.78 is 5.15. The summed E-state index contributed by atoms with van der Waals surface area (Å²) >= 11 is 0. The Bertz CT molecular complexity index is 260. The SMILES string of the molecule is CCC(C#N)(CC)NC(=O)C1CCOC1. The largest absolute Gasteiger partial charge is 0.381 e. The van der Waals surface area contributed by atoms with Crippen molar-refractivity contribution in [2.45, 2.75) is 38.6 Å². The lowest BCUT2D eigenvalue weighted by Gasteiger charge is -2.26. The van der Waals surface area contributed by atoms with E-state index in [0.717, 1.165) is 6.42 Å². The Morgan fingerprint density at radius 2 is 2.27 bits per heavy atom.